The second kappa shape index (κ2) is 6.48. The van der Waals surface area contributed by atoms with E-state index in [0.29, 0.717) is 6.04 Å². The van der Waals surface area contributed by atoms with Gasteiger partial charge in [0.05, 0.1) is 11.4 Å². The average Bonchev–Trinajstić information content (AvgIpc) is 3.05. The molecule has 3 heterocycles. The van der Waals surface area contributed by atoms with E-state index in [4.69, 9.17) is 9.97 Å². The normalized spacial score (nSPS) is 16.1. The van der Waals surface area contributed by atoms with Crippen molar-refractivity contribution in [1.82, 2.24) is 19.9 Å². The van der Waals surface area contributed by atoms with E-state index in [2.05, 4.69) is 59.2 Å². The van der Waals surface area contributed by atoms with E-state index in [-0.39, 0.29) is 0 Å². The maximum Gasteiger partial charge on any atom is 0.158 e. The number of aromatic nitrogens is 3. The van der Waals surface area contributed by atoms with Crippen LogP contribution in [0.25, 0.3) is 22.6 Å². The van der Waals surface area contributed by atoms with E-state index in [9.17, 15) is 0 Å². The lowest BCUT2D eigenvalue weighted by Gasteiger charge is -2.36. The Balaban J connectivity index is 1.69. The number of anilines is 1. The molecule has 5 heteroatoms. The number of hydrogen-bond donors (Lipinski definition) is 1. The fourth-order valence-electron chi connectivity index (χ4n) is 3.69. The number of rotatable bonds is 3. The SMILES string of the molecule is Cc1nc(N2CCC(N(C)C)CC2)c2nc(-c3ccccc3)cc-2[nH]1. The minimum atomic E-state index is 0.663. The molecule has 3 aliphatic heterocycles. The van der Waals surface area contributed by atoms with Gasteiger partial charge < -0.3 is 14.8 Å². The lowest BCUT2D eigenvalue weighted by molar-refractivity contribution is 0.249. The quantitative estimate of drug-likeness (QED) is 0.797. The number of benzene rings is 1. The van der Waals surface area contributed by atoms with E-state index in [1.807, 2.05) is 13.0 Å². The molecule has 1 aromatic rings. The van der Waals surface area contributed by atoms with E-state index >= 15 is 0 Å². The highest BCUT2D eigenvalue weighted by Crippen LogP contribution is 2.34. The van der Waals surface area contributed by atoms with Crippen LogP contribution in [0.15, 0.2) is 36.4 Å². The second-order valence-electron chi connectivity index (χ2n) is 7.10. The smallest absolute Gasteiger partial charge is 0.158 e. The summed E-state index contributed by atoms with van der Waals surface area (Å²) in [5.41, 5.74) is 4.19. The number of H-pyrrole nitrogens is 1. The molecule has 3 aliphatic rings. The number of hydrogen-bond acceptors (Lipinski definition) is 4. The zero-order valence-electron chi connectivity index (χ0n) is 15.2. The maximum absolute atomic E-state index is 4.91. The Morgan fingerprint density at radius 3 is 2.48 bits per heavy atom. The predicted molar refractivity (Wildman–Crippen MR) is 102 cm³/mol. The molecule has 4 rings (SSSR count). The third kappa shape index (κ3) is 3.12. The van der Waals surface area contributed by atoms with Crippen LogP contribution in [-0.2, 0) is 0 Å². The summed E-state index contributed by atoms with van der Waals surface area (Å²) < 4.78 is 0. The molecule has 130 valence electrons. The van der Waals surface area contributed by atoms with Crippen LogP contribution in [0.5, 0.6) is 0 Å². The van der Waals surface area contributed by atoms with Gasteiger partial charge in [-0.1, -0.05) is 30.3 Å². The highest BCUT2D eigenvalue weighted by Gasteiger charge is 2.26. The summed E-state index contributed by atoms with van der Waals surface area (Å²) in [4.78, 5) is 17.8. The Morgan fingerprint density at radius 1 is 1.08 bits per heavy atom. The molecule has 1 aromatic carbocycles. The van der Waals surface area contributed by atoms with Gasteiger partial charge in [0.25, 0.3) is 0 Å². The fourth-order valence-corrected chi connectivity index (χ4v) is 3.69. The van der Waals surface area contributed by atoms with E-state index in [0.717, 1.165) is 47.4 Å². The number of aromatic amines is 1. The van der Waals surface area contributed by atoms with Crippen LogP contribution in [0.2, 0.25) is 0 Å². The Hall–Kier alpha value is -2.40. The van der Waals surface area contributed by atoms with Crippen LogP contribution < -0.4 is 4.90 Å². The minimum absolute atomic E-state index is 0.663. The molecule has 0 saturated carbocycles. The molecule has 0 radical (unpaired) electrons. The maximum atomic E-state index is 4.91. The van der Waals surface area contributed by atoms with E-state index in [1.165, 1.54) is 12.8 Å². The van der Waals surface area contributed by atoms with Gasteiger partial charge in [0, 0.05) is 24.7 Å². The van der Waals surface area contributed by atoms with Crippen LogP contribution in [0.1, 0.15) is 18.7 Å². The van der Waals surface area contributed by atoms with Crippen LogP contribution >= 0.6 is 0 Å². The summed E-state index contributed by atoms with van der Waals surface area (Å²) in [7, 11) is 4.34. The molecule has 0 amide bonds. The Morgan fingerprint density at radius 2 is 1.80 bits per heavy atom. The van der Waals surface area contributed by atoms with Gasteiger partial charge in [-0.25, -0.2) is 9.97 Å². The topological polar surface area (TPSA) is 48.1 Å². The first kappa shape index (κ1) is 16.1. The van der Waals surface area contributed by atoms with Gasteiger partial charge in [-0.05, 0) is 39.9 Å². The fraction of sp³-hybridized carbons (Fsp3) is 0.400. The van der Waals surface area contributed by atoms with Crippen molar-refractivity contribution in [3.05, 3.63) is 42.2 Å². The molecule has 1 N–H and O–H groups in total. The van der Waals surface area contributed by atoms with Gasteiger partial charge in [0.2, 0.25) is 0 Å². The first-order valence-corrected chi connectivity index (χ1v) is 8.96. The summed E-state index contributed by atoms with van der Waals surface area (Å²) in [6.07, 6.45) is 2.33. The number of piperidine rings is 1. The summed E-state index contributed by atoms with van der Waals surface area (Å²) in [5.74, 6) is 1.95. The van der Waals surface area contributed by atoms with Crippen molar-refractivity contribution in [2.75, 3.05) is 32.1 Å². The molecule has 0 bridgehead atoms. The Bertz CT molecular complexity index is 816. The number of nitrogens with one attached hydrogen (secondary N) is 1. The Kier molecular flexibility index (Phi) is 4.17. The molecule has 0 aliphatic carbocycles. The van der Waals surface area contributed by atoms with Crippen molar-refractivity contribution in [2.24, 2.45) is 0 Å². The van der Waals surface area contributed by atoms with Crippen LogP contribution in [0.3, 0.4) is 0 Å². The standard InChI is InChI=1S/C20H25N5/c1-14-21-18-13-17(15-7-5-4-6-8-15)23-19(18)20(22-14)25-11-9-16(10-12-25)24(2)3/h4-8,13,16H,9-12H2,1-3H3,(H,21,22). The molecule has 1 fully saturated rings. The van der Waals surface area contributed by atoms with Gasteiger partial charge in [0.15, 0.2) is 5.82 Å². The van der Waals surface area contributed by atoms with Crippen LogP contribution in [0, 0.1) is 6.92 Å². The summed E-state index contributed by atoms with van der Waals surface area (Å²) >= 11 is 0. The molecule has 25 heavy (non-hydrogen) atoms. The van der Waals surface area contributed by atoms with Crippen LogP contribution in [0.4, 0.5) is 5.82 Å². The van der Waals surface area contributed by atoms with E-state index in [1.54, 1.807) is 0 Å². The summed E-state index contributed by atoms with van der Waals surface area (Å²) in [5, 5.41) is 0. The number of fused-ring (bicyclic) bond motifs is 1. The van der Waals surface area contributed by atoms with Crippen molar-refractivity contribution in [3.63, 3.8) is 0 Å². The van der Waals surface area contributed by atoms with Crippen molar-refractivity contribution in [1.29, 1.82) is 0 Å². The molecular formula is C20H25N5. The van der Waals surface area contributed by atoms with Gasteiger partial charge in [-0.2, -0.15) is 0 Å². The second-order valence-corrected chi connectivity index (χ2v) is 7.10. The molecule has 0 aromatic heterocycles. The summed E-state index contributed by atoms with van der Waals surface area (Å²) in [6, 6.07) is 13.1. The zero-order valence-corrected chi connectivity index (χ0v) is 15.2. The molecular weight excluding hydrogens is 310 g/mol. The van der Waals surface area contributed by atoms with Gasteiger partial charge in [-0.15, -0.1) is 0 Å². The number of nitrogens with zero attached hydrogens (tertiary/aromatic N) is 4. The molecule has 1 saturated heterocycles. The largest absolute Gasteiger partial charge is 0.355 e. The molecule has 0 unspecified atom stereocenters. The van der Waals surface area contributed by atoms with E-state index < -0.39 is 0 Å². The first-order valence-electron chi connectivity index (χ1n) is 8.96. The highest BCUT2D eigenvalue weighted by molar-refractivity contribution is 5.78. The van der Waals surface area contributed by atoms with Crippen LogP contribution in [-0.4, -0.2) is 53.1 Å². The zero-order chi connectivity index (χ0) is 17.4. The first-order chi connectivity index (χ1) is 12.1. The van der Waals surface area contributed by atoms with Crippen molar-refractivity contribution in [2.45, 2.75) is 25.8 Å². The molecule has 0 spiro atoms. The molecule has 5 nitrogen and oxygen atoms in total. The lowest BCUT2D eigenvalue weighted by atomic mass is 10.0. The average molecular weight is 335 g/mol. The number of aryl methyl sites for hydroxylation is 1. The van der Waals surface area contributed by atoms with Crippen molar-refractivity contribution >= 4 is 5.82 Å². The highest BCUT2D eigenvalue weighted by atomic mass is 15.2. The van der Waals surface area contributed by atoms with Crippen molar-refractivity contribution < 1.29 is 0 Å². The van der Waals surface area contributed by atoms with Crippen molar-refractivity contribution in [3.8, 4) is 22.6 Å². The predicted octanol–water partition coefficient (Wildman–Crippen LogP) is 3.42. The summed E-state index contributed by atoms with van der Waals surface area (Å²) in [6.45, 7) is 4.08. The lowest BCUT2D eigenvalue weighted by Crippen LogP contribution is -2.42. The monoisotopic (exact) mass is 335 g/mol. The van der Waals surface area contributed by atoms with Gasteiger partial charge >= 0.3 is 0 Å². The van der Waals surface area contributed by atoms with Gasteiger partial charge in [-0.3, -0.25) is 0 Å². The van der Waals surface area contributed by atoms with Gasteiger partial charge in [0.1, 0.15) is 11.5 Å². The third-order valence-electron chi connectivity index (χ3n) is 5.13. The minimum Gasteiger partial charge on any atom is -0.355 e. The third-order valence-corrected chi connectivity index (χ3v) is 5.13. The Labute approximate surface area is 149 Å². The molecule has 0 atom stereocenters.